The van der Waals surface area contributed by atoms with E-state index in [1.165, 1.54) is 0 Å². The van der Waals surface area contributed by atoms with Crippen LogP contribution in [0.5, 0.6) is 0 Å². The molecule has 0 aliphatic carbocycles. The van der Waals surface area contributed by atoms with Gasteiger partial charge in [0.2, 0.25) is 0 Å². The summed E-state index contributed by atoms with van der Waals surface area (Å²) < 4.78 is 0. The molecular formula is C13H16N4. The third kappa shape index (κ3) is 2.79. The molecule has 2 N–H and O–H groups in total. The van der Waals surface area contributed by atoms with Crippen molar-refractivity contribution < 1.29 is 0 Å². The van der Waals surface area contributed by atoms with Crippen LogP contribution in [-0.4, -0.2) is 17.0 Å². The fourth-order valence-electron chi connectivity index (χ4n) is 1.77. The maximum absolute atomic E-state index is 5.70. The number of rotatable bonds is 4. The van der Waals surface area contributed by atoms with Crippen LogP contribution < -0.4 is 10.6 Å². The fraction of sp³-hybridized carbons (Fsp3) is 0.231. The molecule has 4 nitrogen and oxygen atoms in total. The molecule has 0 unspecified atom stereocenters. The van der Waals surface area contributed by atoms with E-state index < -0.39 is 0 Å². The predicted octanol–water partition coefficient (Wildman–Crippen LogP) is 1.57. The largest absolute Gasteiger partial charge is 0.368 e. The normalized spacial score (nSPS) is 10.2. The van der Waals surface area contributed by atoms with Crippen molar-refractivity contribution in [2.24, 2.45) is 5.73 Å². The molecule has 0 atom stereocenters. The second-order valence-corrected chi connectivity index (χ2v) is 3.89. The van der Waals surface area contributed by atoms with Gasteiger partial charge in [-0.15, -0.1) is 0 Å². The third-order valence-corrected chi connectivity index (χ3v) is 2.63. The molecule has 0 fully saturated rings. The van der Waals surface area contributed by atoms with Crippen molar-refractivity contribution in [2.45, 2.75) is 13.1 Å². The van der Waals surface area contributed by atoms with Crippen LogP contribution >= 0.6 is 0 Å². The third-order valence-electron chi connectivity index (χ3n) is 2.63. The van der Waals surface area contributed by atoms with E-state index in [0.29, 0.717) is 6.54 Å². The van der Waals surface area contributed by atoms with Crippen LogP contribution in [0, 0.1) is 0 Å². The van der Waals surface area contributed by atoms with Crippen LogP contribution in [0.25, 0.3) is 0 Å². The minimum absolute atomic E-state index is 0.496. The van der Waals surface area contributed by atoms with Crippen molar-refractivity contribution in [3.05, 3.63) is 54.1 Å². The molecule has 2 aromatic rings. The molecule has 2 heterocycles. The zero-order valence-electron chi connectivity index (χ0n) is 9.87. The SMILES string of the molecule is CN(Cc1ccccn1)c1ccncc1CN. The molecule has 0 amide bonds. The van der Waals surface area contributed by atoms with Gasteiger partial charge in [0.25, 0.3) is 0 Å². The van der Waals surface area contributed by atoms with Crippen LogP contribution in [0.2, 0.25) is 0 Å². The quantitative estimate of drug-likeness (QED) is 0.863. The molecule has 0 spiro atoms. The number of pyridine rings is 2. The Morgan fingerprint density at radius 1 is 1.24 bits per heavy atom. The van der Waals surface area contributed by atoms with E-state index in [2.05, 4.69) is 14.9 Å². The maximum Gasteiger partial charge on any atom is 0.0598 e. The summed E-state index contributed by atoms with van der Waals surface area (Å²) in [5.74, 6) is 0. The fourth-order valence-corrected chi connectivity index (χ4v) is 1.77. The molecule has 0 saturated carbocycles. The van der Waals surface area contributed by atoms with Gasteiger partial charge in [0.05, 0.1) is 12.2 Å². The van der Waals surface area contributed by atoms with Crippen LogP contribution in [0.15, 0.2) is 42.9 Å². The van der Waals surface area contributed by atoms with Gasteiger partial charge in [0.15, 0.2) is 0 Å². The Balaban J connectivity index is 2.17. The van der Waals surface area contributed by atoms with Crippen LogP contribution in [-0.2, 0) is 13.1 Å². The summed E-state index contributed by atoms with van der Waals surface area (Å²) in [6.07, 6.45) is 5.40. The van der Waals surface area contributed by atoms with Crippen LogP contribution in [0.4, 0.5) is 5.69 Å². The zero-order valence-corrected chi connectivity index (χ0v) is 9.87. The van der Waals surface area contributed by atoms with Gasteiger partial charge in [-0.1, -0.05) is 6.07 Å². The predicted molar refractivity (Wildman–Crippen MR) is 68.5 cm³/mol. The van der Waals surface area contributed by atoms with Gasteiger partial charge in [-0.3, -0.25) is 9.97 Å². The van der Waals surface area contributed by atoms with Crippen molar-refractivity contribution >= 4 is 5.69 Å². The average Bonchev–Trinajstić information content (AvgIpc) is 2.40. The molecule has 88 valence electrons. The highest BCUT2D eigenvalue weighted by Gasteiger charge is 2.07. The Bertz CT molecular complexity index is 470. The van der Waals surface area contributed by atoms with Gasteiger partial charge in [-0.05, 0) is 18.2 Å². The summed E-state index contributed by atoms with van der Waals surface area (Å²) in [5.41, 5.74) is 8.89. The lowest BCUT2D eigenvalue weighted by Gasteiger charge is -2.21. The zero-order chi connectivity index (χ0) is 12.1. The summed E-state index contributed by atoms with van der Waals surface area (Å²) in [7, 11) is 2.03. The van der Waals surface area contributed by atoms with Crippen molar-refractivity contribution in [3.8, 4) is 0 Å². The molecule has 17 heavy (non-hydrogen) atoms. The van der Waals surface area contributed by atoms with Gasteiger partial charge in [0, 0.05) is 43.4 Å². The van der Waals surface area contributed by atoms with Gasteiger partial charge in [-0.2, -0.15) is 0 Å². The molecule has 0 aromatic carbocycles. The van der Waals surface area contributed by atoms with Crippen LogP contribution in [0.3, 0.4) is 0 Å². The molecule has 0 aliphatic rings. The number of aromatic nitrogens is 2. The Morgan fingerprint density at radius 2 is 2.12 bits per heavy atom. The minimum atomic E-state index is 0.496. The van der Waals surface area contributed by atoms with E-state index >= 15 is 0 Å². The monoisotopic (exact) mass is 228 g/mol. The summed E-state index contributed by atoms with van der Waals surface area (Å²) >= 11 is 0. The minimum Gasteiger partial charge on any atom is -0.368 e. The highest BCUT2D eigenvalue weighted by atomic mass is 15.1. The molecule has 4 heteroatoms. The van der Waals surface area contributed by atoms with Gasteiger partial charge >= 0.3 is 0 Å². The lowest BCUT2D eigenvalue weighted by atomic mass is 10.2. The van der Waals surface area contributed by atoms with E-state index in [0.717, 1.165) is 23.5 Å². The van der Waals surface area contributed by atoms with Crippen molar-refractivity contribution in [2.75, 3.05) is 11.9 Å². The second-order valence-electron chi connectivity index (χ2n) is 3.89. The first-order chi connectivity index (χ1) is 8.31. The Morgan fingerprint density at radius 3 is 2.82 bits per heavy atom. The Hall–Kier alpha value is -1.94. The smallest absolute Gasteiger partial charge is 0.0598 e. The topological polar surface area (TPSA) is 55.0 Å². The number of nitrogens with zero attached hydrogens (tertiary/aromatic N) is 3. The number of anilines is 1. The van der Waals surface area contributed by atoms with Crippen molar-refractivity contribution in [1.82, 2.24) is 9.97 Å². The van der Waals surface area contributed by atoms with Crippen molar-refractivity contribution in [3.63, 3.8) is 0 Å². The lowest BCUT2D eigenvalue weighted by molar-refractivity contribution is 0.868. The van der Waals surface area contributed by atoms with E-state index in [1.54, 1.807) is 12.4 Å². The highest BCUT2D eigenvalue weighted by Crippen LogP contribution is 2.18. The first-order valence-corrected chi connectivity index (χ1v) is 5.55. The molecule has 2 rings (SSSR count). The molecular weight excluding hydrogens is 212 g/mol. The first-order valence-electron chi connectivity index (χ1n) is 5.55. The van der Waals surface area contributed by atoms with E-state index in [9.17, 15) is 0 Å². The first kappa shape index (κ1) is 11.5. The number of nitrogens with two attached hydrogens (primary N) is 1. The summed E-state index contributed by atoms with van der Waals surface area (Å²) in [5, 5.41) is 0. The highest BCUT2D eigenvalue weighted by molar-refractivity contribution is 5.51. The second kappa shape index (κ2) is 5.41. The number of hydrogen-bond donors (Lipinski definition) is 1. The van der Waals surface area contributed by atoms with Crippen molar-refractivity contribution in [1.29, 1.82) is 0 Å². The van der Waals surface area contributed by atoms with E-state index in [-0.39, 0.29) is 0 Å². The summed E-state index contributed by atoms with van der Waals surface area (Å²) in [6, 6.07) is 7.90. The molecule has 0 radical (unpaired) electrons. The van der Waals surface area contributed by atoms with Gasteiger partial charge in [-0.25, -0.2) is 0 Å². The van der Waals surface area contributed by atoms with E-state index in [4.69, 9.17) is 5.73 Å². The molecule has 0 bridgehead atoms. The average molecular weight is 228 g/mol. The molecule has 0 saturated heterocycles. The maximum atomic E-state index is 5.70. The Labute approximate surface area is 101 Å². The molecule has 2 aromatic heterocycles. The summed E-state index contributed by atoms with van der Waals surface area (Å²) in [4.78, 5) is 10.5. The van der Waals surface area contributed by atoms with E-state index in [1.807, 2.05) is 37.5 Å². The lowest BCUT2D eigenvalue weighted by Crippen LogP contribution is -2.19. The number of hydrogen-bond acceptors (Lipinski definition) is 4. The van der Waals surface area contributed by atoms with Crippen LogP contribution in [0.1, 0.15) is 11.3 Å². The summed E-state index contributed by atoms with van der Waals surface area (Å²) in [6.45, 7) is 1.26. The van der Waals surface area contributed by atoms with Gasteiger partial charge in [0.1, 0.15) is 0 Å². The standard InChI is InChI=1S/C13H16N4/c1-17(10-12-4-2-3-6-16-12)13-5-7-15-9-11(13)8-14/h2-7,9H,8,10,14H2,1H3. The van der Waals surface area contributed by atoms with Gasteiger partial charge < -0.3 is 10.6 Å². The molecule has 0 aliphatic heterocycles. The Kier molecular flexibility index (Phi) is 3.67.